The molecule has 1 aliphatic rings. The summed E-state index contributed by atoms with van der Waals surface area (Å²) in [7, 11) is 0. The number of hydrogen-bond donors (Lipinski definition) is 2. The molecule has 1 unspecified atom stereocenters. The Bertz CT molecular complexity index is 475. The minimum absolute atomic E-state index is 0.0734. The Hall–Kier alpha value is -0.910. The van der Waals surface area contributed by atoms with E-state index in [0.29, 0.717) is 12.1 Å². The van der Waals surface area contributed by atoms with Crippen molar-refractivity contribution >= 4 is 34.3 Å². The highest BCUT2D eigenvalue weighted by atomic mass is 35.5. The van der Waals surface area contributed by atoms with E-state index in [0.717, 1.165) is 18.4 Å². The van der Waals surface area contributed by atoms with Crippen LogP contribution >= 0.6 is 11.6 Å². The molecule has 0 spiro atoms. The smallest absolute Gasteiger partial charge is 0.224 e. The topological polar surface area (TPSA) is 66.4 Å². The fourth-order valence-corrected chi connectivity index (χ4v) is 2.53. The highest BCUT2D eigenvalue weighted by molar-refractivity contribution is 7.79. The third-order valence-corrected chi connectivity index (χ3v) is 3.61. The largest absolute Gasteiger partial charge is 0.326 e. The molecule has 1 aromatic carbocycles. The Kier molecular flexibility index (Phi) is 3.28. The standard InChI is InChI=1S/C10H10ClNO3S/c11-7-4-6-2-1-3-10(13)12-8(6)5-9(7)16(14)15/h4-5H,1-3H2,(H,12,13)(H,14,15). The van der Waals surface area contributed by atoms with Crippen molar-refractivity contribution in [3.05, 3.63) is 22.7 Å². The minimum atomic E-state index is -2.14. The van der Waals surface area contributed by atoms with E-state index in [1.54, 1.807) is 6.07 Å². The van der Waals surface area contributed by atoms with Crippen LogP contribution in [0.5, 0.6) is 0 Å². The Morgan fingerprint density at radius 1 is 1.38 bits per heavy atom. The number of carbonyl (C=O) groups is 1. The molecule has 4 nitrogen and oxygen atoms in total. The molecule has 0 aromatic heterocycles. The van der Waals surface area contributed by atoms with Crippen LogP contribution in [-0.2, 0) is 22.3 Å². The fourth-order valence-electron chi connectivity index (χ4n) is 1.70. The first kappa shape index (κ1) is 11.6. The average Bonchev–Trinajstić information content (AvgIpc) is 2.37. The van der Waals surface area contributed by atoms with Crippen molar-refractivity contribution < 1.29 is 13.6 Å². The zero-order chi connectivity index (χ0) is 11.7. The third-order valence-electron chi connectivity index (χ3n) is 2.47. The van der Waals surface area contributed by atoms with E-state index in [2.05, 4.69) is 5.32 Å². The van der Waals surface area contributed by atoms with Gasteiger partial charge in [0.2, 0.25) is 5.91 Å². The molecular weight excluding hydrogens is 250 g/mol. The summed E-state index contributed by atoms with van der Waals surface area (Å²) in [6, 6.07) is 3.11. The molecule has 0 aliphatic carbocycles. The van der Waals surface area contributed by atoms with Gasteiger partial charge in [-0.3, -0.25) is 4.79 Å². The second kappa shape index (κ2) is 4.53. The van der Waals surface area contributed by atoms with E-state index in [1.807, 2.05) is 0 Å². The van der Waals surface area contributed by atoms with Crippen molar-refractivity contribution in [1.82, 2.24) is 0 Å². The maximum atomic E-state index is 11.3. The summed E-state index contributed by atoms with van der Waals surface area (Å²) in [5.74, 6) is -0.0734. The lowest BCUT2D eigenvalue weighted by Crippen LogP contribution is -2.09. The van der Waals surface area contributed by atoms with Crippen LogP contribution in [-0.4, -0.2) is 14.7 Å². The number of fused-ring (bicyclic) bond motifs is 1. The lowest BCUT2D eigenvalue weighted by molar-refractivity contribution is -0.116. The van der Waals surface area contributed by atoms with Gasteiger partial charge in [-0.2, -0.15) is 0 Å². The molecular formula is C10H10ClNO3S. The van der Waals surface area contributed by atoms with Gasteiger partial charge in [-0.15, -0.1) is 0 Å². The van der Waals surface area contributed by atoms with E-state index >= 15 is 0 Å². The second-order valence-electron chi connectivity index (χ2n) is 3.59. The molecule has 16 heavy (non-hydrogen) atoms. The van der Waals surface area contributed by atoms with Gasteiger partial charge in [0.25, 0.3) is 0 Å². The molecule has 86 valence electrons. The summed E-state index contributed by atoms with van der Waals surface area (Å²) < 4.78 is 20.0. The van der Waals surface area contributed by atoms with Crippen LogP contribution in [0.25, 0.3) is 0 Å². The zero-order valence-corrected chi connectivity index (χ0v) is 9.90. The highest BCUT2D eigenvalue weighted by Crippen LogP contribution is 2.30. The van der Waals surface area contributed by atoms with Crippen LogP contribution in [0.1, 0.15) is 18.4 Å². The number of rotatable bonds is 1. The average molecular weight is 260 g/mol. The zero-order valence-electron chi connectivity index (χ0n) is 8.33. The summed E-state index contributed by atoms with van der Waals surface area (Å²) in [6.07, 6.45) is 1.96. The number of hydrogen-bond acceptors (Lipinski definition) is 2. The van der Waals surface area contributed by atoms with E-state index < -0.39 is 11.1 Å². The maximum Gasteiger partial charge on any atom is 0.224 e. The van der Waals surface area contributed by atoms with Crippen LogP contribution in [0.3, 0.4) is 0 Å². The molecule has 0 saturated heterocycles. The van der Waals surface area contributed by atoms with Gasteiger partial charge in [-0.05, 0) is 30.5 Å². The molecule has 0 radical (unpaired) electrons. The Labute approximate surface area is 100 Å². The van der Waals surface area contributed by atoms with Crippen molar-refractivity contribution in [2.24, 2.45) is 0 Å². The van der Waals surface area contributed by atoms with Crippen LogP contribution in [0, 0.1) is 0 Å². The van der Waals surface area contributed by atoms with Crippen molar-refractivity contribution in [3.8, 4) is 0 Å². The molecule has 1 amide bonds. The Morgan fingerprint density at radius 2 is 2.12 bits per heavy atom. The third kappa shape index (κ3) is 2.26. The summed E-state index contributed by atoms with van der Waals surface area (Å²) in [6.45, 7) is 0. The molecule has 2 N–H and O–H groups in total. The first-order valence-electron chi connectivity index (χ1n) is 4.81. The molecule has 0 saturated carbocycles. The Morgan fingerprint density at radius 3 is 2.81 bits per heavy atom. The van der Waals surface area contributed by atoms with E-state index in [9.17, 15) is 9.00 Å². The normalized spacial score (nSPS) is 17.2. The van der Waals surface area contributed by atoms with E-state index in [4.69, 9.17) is 16.2 Å². The lowest BCUT2D eigenvalue weighted by Gasteiger charge is -2.09. The highest BCUT2D eigenvalue weighted by Gasteiger charge is 2.17. The predicted octanol–water partition coefficient (Wildman–Crippen LogP) is 2.20. The molecule has 6 heteroatoms. The SMILES string of the molecule is O=C1CCCc2cc(Cl)c(S(=O)O)cc2N1. The van der Waals surface area contributed by atoms with Crippen LogP contribution < -0.4 is 5.32 Å². The summed E-state index contributed by atoms with van der Waals surface area (Å²) in [4.78, 5) is 11.5. The summed E-state index contributed by atoms with van der Waals surface area (Å²) in [5, 5.41) is 2.96. The van der Waals surface area contributed by atoms with Gasteiger partial charge in [-0.25, -0.2) is 4.21 Å². The number of amides is 1. The quantitative estimate of drug-likeness (QED) is 0.760. The van der Waals surface area contributed by atoms with E-state index in [-0.39, 0.29) is 15.8 Å². The Balaban J connectivity index is 2.50. The molecule has 2 rings (SSSR count). The molecule has 1 atom stereocenters. The van der Waals surface area contributed by atoms with Crippen molar-refractivity contribution in [1.29, 1.82) is 0 Å². The number of anilines is 1. The van der Waals surface area contributed by atoms with Gasteiger partial charge in [0.05, 0.1) is 9.92 Å². The van der Waals surface area contributed by atoms with Crippen LogP contribution in [0.2, 0.25) is 5.02 Å². The second-order valence-corrected chi connectivity index (χ2v) is 4.94. The molecule has 1 heterocycles. The van der Waals surface area contributed by atoms with Gasteiger partial charge in [0.1, 0.15) is 0 Å². The minimum Gasteiger partial charge on any atom is -0.326 e. The molecule has 0 fully saturated rings. The van der Waals surface area contributed by atoms with Crippen molar-refractivity contribution in [2.75, 3.05) is 5.32 Å². The number of halogens is 1. The molecule has 1 aromatic rings. The van der Waals surface area contributed by atoms with Crippen molar-refractivity contribution in [2.45, 2.75) is 24.2 Å². The lowest BCUT2D eigenvalue weighted by atomic mass is 10.1. The summed E-state index contributed by atoms with van der Waals surface area (Å²) >= 11 is 3.74. The first-order valence-corrected chi connectivity index (χ1v) is 6.29. The van der Waals surface area contributed by atoms with Gasteiger partial charge in [0, 0.05) is 12.1 Å². The summed E-state index contributed by atoms with van der Waals surface area (Å²) in [5.41, 5.74) is 1.49. The first-order chi connectivity index (χ1) is 7.58. The van der Waals surface area contributed by atoms with Gasteiger partial charge in [-0.1, -0.05) is 11.6 Å². The predicted molar refractivity (Wildman–Crippen MR) is 62.1 cm³/mol. The van der Waals surface area contributed by atoms with Gasteiger partial charge < -0.3 is 9.87 Å². The molecule has 0 bridgehead atoms. The van der Waals surface area contributed by atoms with Crippen LogP contribution in [0.4, 0.5) is 5.69 Å². The number of aryl methyl sites for hydroxylation is 1. The van der Waals surface area contributed by atoms with Crippen molar-refractivity contribution in [3.63, 3.8) is 0 Å². The van der Waals surface area contributed by atoms with E-state index in [1.165, 1.54) is 6.07 Å². The maximum absolute atomic E-state index is 11.3. The number of benzene rings is 1. The molecule has 1 aliphatic heterocycles. The van der Waals surface area contributed by atoms with Gasteiger partial charge >= 0.3 is 0 Å². The van der Waals surface area contributed by atoms with Crippen LogP contribution in [0.15, 0.2) is 17.0 Å². The monoisotopic (exact) mass is 259 g/mol. The van der Waals surface area contributed by atoms with Gasteiger partial charge in [0.15, 0.2) is 11.1 Å². The number of nitrogens with one attached hydrogen (secondary N) is 1. The number of carbonyl (C=O) groups excluding carboxylic acids is 1. The fraction of sp³-hybridized carbons (Fsp3) is 0.300.